The third-order valence-corrected chi connectivity index (χ3v) is 5.49. The molecule has 0 bridgehead atoms. The van der Waals surface area contributed by atoms with Gasteiger partial charge in [0.2, 0.25) is 5.91 Å². The Balaban J connectivity index is 1.43. The SMILES string of the molecule is O=C1CCC2(CCN(Cc3ccco3)CC2)N1Cc1cccnc1. The fourth-order valence-corrected chi connectivity index (χ4v) is 4.07. The molecule has 1 spiro atoms. The Morgan fingerprint density at radius 3 is 2.71 bits per heavy atom. The molecule has 0 unspecified atom stereocenters. The number of pyridine rings is 1. The largest absolute Gasteiger partial charge is 0.468 e. The van der Waals surface area contributed by atoms with Crippen molar-refractivity contribution in [1.29, 1.82) is 0 Å². The van der Waals surface area contributed by atoms with E-state index >= 15 is 0 Å². The van der Waals surface area contributed by atoms with Crippen LogP contribution in [0.3, 0.4) is 0 Å². The van der Waals surface area contributed by atoms with Gasteiger partial charge < -0.3 is 9.32 Å². The molecule has 2 saturated heterocycles. The van der Waals surface area contributed by atoms with Crippen molar-refractivity contribution in [1.82, 2.24) is 14.8 Å². The number of likely N-dealkylation sites (tertiary alicyclic amines) is 2. The summed E-state index contributed by atoms with van der Waals surface area (Å²) >= 11 is 0. The van der Waals surface area contributed by atoms with Crippen LogP contribution in [0.1, 0.15) is 37.0 Å². The Labute approximate surface area is 142 Å². The second kappa shape index (κ2) is 6.40. The predicted octanol–water partition coefficient (Wildman–Crippen LogP) is 2.83. The summed E-state index contributed by atoms with van der Waals surface area (Å²) in [7, 11) is 0. The van der Waals surface area contributed by atoms with Gasteiger partial charge >= 0.3 is 0 Å². The fraction of sp³-hybridized carbons (Fsp3) is 0.474. The van der Waals surface area contributed by atoms with Crippen molar-refractivity contribution >= 4 is 5.91 Å². The van der Waals surface area contributed by atoms with Crippen LogP contribution in [0.4, 0.5) is 0 Å². The van der Waals surface area contributed by atoms with Crippen molar-refractivity contribution < 1.29 is 9.21 Å². The van der Waals surface area contributed by atoms with Crippen LogP contribution >= 0.6 is 0 Å². The lowest BCUT2D eigenvalue weighted by Gasteiger charge is -2.45. The number of carbonyl (C=O) groups excluding carboxylic acids is 1. The number of carbonyl (C=O) groups is 1. The molecule has 5 heteroatoms. The van der Waals surface area contributed by atoms with Crippen LogP contribution in [-0.2, 0) is 17.9 Å². The van der Waals surface area contributed by atoms with Crippen molar-refractivity contribution in [3.63, 3.8) is 0 Å². The lowest BCUT2D eigenvalue weighted by atomic mass is 9.84. The topological polar surface area (TPSA) is 49.6 Å². The van der Waals surface area contributed by atoms with E-state index in [0.29, 0.717) is 18.9 Å². The summed E-state index contributed by atoms with van der Waals surface area (Å²) < 4.78 is 5.46. The lowest BCUT2D eigenvalue weighted by molar-refractivity contribution is -0.133. The highest BCUT2D eigenvalue weighted by Crippen LogP contribution is 2.40. The second-order valence-electron chi connectivity index (χ2n) is 6.92. The van der Waals surface area contributed by atoms with Crippen LogP contribution in [0.2, 0.25) is 0 Å². The number of hydrogen-bond acceptors (Lipinski definition) is 4. The standard InChI is InChI=1S/C19H23N3O2/c23-18-5-6-19(22(18)14-16-3-1-9-20-13-16)7-10-21(11-8-19)15-17-4-2-12-24-17/h1-4,9,12-13H,5-8,10-11,14-15H2. The summed E-state index contributed by atoms with van der Waals surface area (Å²) in [5, 5.41) is 0. The molecule has 2 aliphatic rings. The van der Waals surface area contributed by atoms with Crippen molar-refractivity contribution in [2.24, 2.45) is 0 Å². The molecule has 4 heterocycles. The van der Waals surface area contributed by atoms with E-state index in [0.717, 1.165) is 50.2 Å². The van der Waals surface area contributed by atoms with Crippen molar-refractivity contribution in [2.75, 3.05) is 13.1 Å². The van der Waals surface area contributed by atoms with Gasteiger partial charge in [-0.05, 0) is 43.0 Å². The summed E-state index contributed by atoms with van der Waals surface area (Å²) in [4.78, 5) is 21.2. The van der Waals surface area contributed by atoms with Crippen LogP contribution in [0, 0.1) is 0 Å². The Hall–Kier alpha value is -2.14. The van der Waals surface area contributed by atoms with Gasteiger partial charge in [0.1, 0.15) is 5.76 Å². The third-order valence-electron chi connectivity index (χ3n) is 5.49. The second-order valence-corrected chi connectivity index (χ2v) is 6.92. The minimum absolute atomic E-state index is 0.0343. The van der Waals surface area contributed by atoms with Gasteiger partial charge in [-0.15, -0.1) is 0 Å². The van der Waals surface area contributed by atoms with E-state index in [1.165, 1.54) is 0 Å². The highest BCUT2D eigenvalue weighted by atomic mass is 16.3. The quantitative estimate of drug-likeness (QED) is 0.867. The molecule has 2 aromatic heterocycles. The van der Waals surface area contributed by atoms with Gasteiger partial charge in [0.05, 0.1) is 12.8 Å². The van der Waals surface area contributed by atoms with E-state index in [2.05, 4.69) is 20.9 Å². The normalized spacial score (nSPS) is 20.8. The highest BCUT2D eigenvalue weighted by Gasteiger charge is 2.46. The molecule has 0 radical (unpaired) electrons. The molecule has 126 valence electrons. The molecule has 5 nitrogen and oxygen atoms in total. The average Bonchev–Trinajstić information content (AvgIpc) is 3.22. The number of rotatable bonds is 4. The van der Waals surface area contributed by atoms with Gasteiger partial charge in [0.25, 0.3) is 0 Å². The lowest BCUT2D eigenvalue weighted by Crippen LogP contribution is -2.52. The number of aromatic nitrogens is 1. The third kappa shape index (κ3) is 2.96. The summed E-state index contributed by atoms with van der Waals surface area (Å²) in [6.45, 7) is 3.57. The summed E-state index contributed by atoms with van der Waals surface area (Å²) in [6.07, 6.45) is 9.12. The fourth-order valence-electron chi connectivity index (χ4n) is 4.07. The van der Waals surface area contributed by atoms with E-state index in [1.807, 2.05) is 24.4 Å². The van der Waals surface area contributed by atoms with E-state index in [1.54, 1.807) is 12.5 Å². The Morgan fingerprint density at radius 2 is 2.00 bits per heavy atom. The number of hydrogen-bond donors (Lipinski definition) is 0. The van der Waals surface area contributed by atoms with Crippen LogP contribution in [-0.4, -0.2) is 39.3 Å². The number of furan rings is 1. The molecule has 24 heavy (non-hydrogen) atoms. The van der Waals surface area contributed by atoms with E-state index < -0.39 is 0 Å². The van der Waals surface area contributed by atoms with Crippen molar-refractivity contribution in [3.05, 3.63) is 54.2 Å². The molecule has 2 aliphatic heterocycles. The van der Waals surface area contributed by atoms with Gasteiger partial charge in [-0.3, -0.25) is 14.7 Å². The maximum atomic E-state index is 12.5. The number of amides is 1. The first kappa shape index (κ1) is 15.4. The molecule has 0 aromatic carbocycles. The zero-order valence-corrected chi connectivity index (χ0v) is 13.9. The van der Waals surface area contributed by atoms with Gasteiger partial charge in [0.15, 0.2) is 0 Å². The first-order valence-corrected chi connectivity index (χ1v) is 8.69. The highest BCUT2D eigenvalue weighted by molar-refractivity contribution is 5.79. The zero-order valence-electron chi connectivity index (χ0n) is 13.9. The van der Waals surface area contributed by atoms with Gasteiger partial charge in [-0.25, -0.2) is 0 Å². The van der Waals surface area contributed by atoms with E-state index in [4.69, 9.17) is 4.42 Å². The molecule has 0 N–H and O–H groups in total. The molecule has 2 fully saturated rings. The Bertz CT molecular complexity index is 676. The molecular weight excluding hydrogens is 302 g/mol. The van der Waals surface area contributed by atoms with Crippen molar-refractivity contribution in [2.45, 2.75) is 44.3 Å². The van der Waals surface area contributed by atoms with Crippen LogP contribution in [0.5, 0.6) is 0 Å². The molecule has 4 rings (SSSR count). The van der Waals surface area contributed by atoms with Crippen LogP contribution in [0.15, 0.2) is 47.3 Å². The van der Waals surface area contributed by atoms with Gasteiger partial charge in [-0.2, -0.15) is 0 Å². The maximum absolute atomic E-state index is 12.5. The van der Waals surface area contributed by atoms with Gasteiger partial charge in [-0.1, -0.05) is 6.07 Å². The average molecular weight is 325 g/mol. The minimum Gasteiger partial charge on any atom is -0.468 e. The van der Waals surface area contributed by atoms with E-state index in [9.17, 15) is 4.79 Å². The maximum Gasteiger partial charge on any atom is 0.223 e. The zero-order chi connectivity index (χ0) is 16.4. The van der Waals surface area contributed by atoms with Gasteiger partial charge in [0, 0.05) is 44.0 Å². The Kier molecular flexibility index (Phi) is 4.10. The molecule has 0 saturated carbocycles. The predicted molar refractivity (Wildman–Crippen MR) is 90.0 cm³/mol. The molecule has 2 aromatic rings. The minimum atomic E-state index is 0.0343. The molecular formula is C19H23N3O2. The molecule has 0 atom stereocenters. The molecule has 1 amide bonds. The summed E-state index contributed by atoms with van der Waals surface area (Å²) in [5.74, 6) is 1.30. The Morgan fingerprint density at radius 1 is 1.12 bits per heavy atom. The summed E-state index contributed by atoms with van der Waals surface area (Å²) in [5.41, 5.74) is 1.15. The summed E-state index contributed by atoms with van der Waals surface area (Å²) in [6, 6.07) is 7.96. The number of nitrogens with zero attached hydrogens (tertiary/aromatic N) is 3. The molecule has 0 aliphatic carbocycles. The van der Waals surface area contributed by atoms with E-state index in [-0.39, 0.29) is 5.54 Å². The smallest absolute Gasteiger partial charge is 0.223 e. The number of piperidine rings is 1. The van der Waals surface area contributed by atoms with Crippen LogP contribution < -0.4 is 0 Å². The van der Waals surface area contributed by atoms with Crippen LogP contribution in [0.25, 0.3) is 0 Å². The first-order valence-electron chi connectivity index (χ1n) is 8.69. The van der Waals surface area contributed by atoms with Crippen molar-refractivity contribution in [3.8, 4) is 0 Å². The first-order chi connectivity index (χ1) is 11.8. The monoisotopic (exact) mass is 325 g/mol.